The van der Waals surface area contributed by atoms with Crippen molar-refractivity contribution in [2.24, 2.45) is 5.92 Å². The fourth-order valence-corrected chi connectivity index (χ4v) is 5.36. The van der Waals surface area contributed by atoms with Crippen molar-refractivity contribution >= 4 is 50.7 Å². The number of nitrogens with one attached hydrogen (secondary N) is 1. The van der Waals surface area contributed by atoms with Crippen molar-refractivity contribution in [3.63, 3.8) is 0 Å². The summed E-state index contributed by atoms with van der Waals surface area (Å²) in [5, 5.41) is 3.87. The number of anilines is 1. The Balaban J connectivity index is 2.25. The van der Waals surface area contributed by atoms with Gasteiger partial charge in [-0.3, -0.25) is 13.9 Å². The molecule has 0 spiro atoms. The SMILES string of the molecule is CC[C@H](C(=O)NCC(C)C)N(Cc1ccccc1Cl)C(=O)CCCN(c1cc(Cl)ccc1C)S(C)(=O)=O. The number of sulfonamides is 1. The zero-order valence-electron chi connectivity index (χ0n) is 22.1. The maximum Gasteiger partial charge on any atom is 0.242 e. The highest BCUT2D eigenvalue weighted by Gasteiger charge is 2.29. The Labute approximate surface area is 231 Å². The number of carbonyl (C=O) groups excluding carboxylic acids is 2. The Morgan fingerprint density at radius 3 is 2.35 bits per heavy atom. The van der Waals surface area contributed by atoms with Crippen LogP contribution in [0.2, 0.25) is 10.0 Å². The number of hydrogen-bond donors (Lipinski definition) is 1. The van der Waals surface area contributed by atoms with Gasteiger partial charge in [0.15, 0.2) is 0 Å². The van der Waals surface area contributed by atoms with Crippen molar-refractivity contribution in [1.82, 2.24) is 10.2 Å². The molecule has 0 heterocycles. The van der Waals surface area contributed by atoms with Gasteiger partial charge in [0.25, 0.3) is 0 Å². The number of amides is 2. The van der Waals surface area contributed by atoms with Crippen molar-refractivity contribution in [2.45, 2.75) is 59.5 Å². The molecule has 0 saturated carbocycles. The molecular formula is C27H37Cl2N3O4S. The minimum absolute atomic E-state index is 0.0596. The molecule has 1 atom stereocenters. The molecule has 2 rings (SSSR count). The van der Waals surface area contributed by atoms with Gasteiger partial charge in [-0.15, -0.1) is 0 Å². The average Bonchev–Trinajstić information content (AvgIpc) is 2.82. The van der Waals surface area contributed by atoms with Gasteiger partial charge in [-0.25, -0.2) is 8.42 Å². The lowest BCUT2D eigenvalue weighted by Crippen LogP contribution is -2.49. The van der Waals surface area contributed by atoms with Gasteiger partial charge in [-0.05, 0) is 55.0 Å². The highest BCUT2D eigenvalue weighted by atomic mass is 35.5. The van der Waals surface area contributed by atoms with Gasteiger partial charge in [-0.1, -0.05) is 68.2 Å². The first kappa shape index (κ1) is 30.9. The summed E-state index contributed by atoms with van der Waals surface area (Å²) in [6.45, 7) is 8.46. The normalized spacial score (nSPS) is 12.3. The Kier molecular flexibility index (Phi) is 11.7. The third-order valence-electron chi connectivity index (χ3n) is 5.96. The lowest BCUT2D eigenvalue weighted by atomic mass is 10.1. The third-order valence-corrected chi connectivity index (χ3v) is 7.74. The van der Waals surface area contributed by atoms with Crippen molar-refractivity contribution in [3.05, 3.63) is 63.6 Å². The number of nitrogens with zero attached hydrogens (tertiary/aromatic N) is 2. The van der Waals surface area contributed by atoms with Gasteiger partial charge in [0, 0.05) is 36.1 Å². The van der Waals surface area contributed by atoms with Crippen LogP contribution >= 0.6 is 23.2 Å². The molecule has 0 aliphatic carbocycles. The van der Waals surface area contributed by atoms with Crippen molar-refractivity contribution < 1.29 is 18.0 Å². The molecule has 204 valence electrons. The van der Waals surface area contributed by atoms with Crippen LogP contribution in [0.3, 0.4) is 0 Å². The first-order chi connectivity index (χ1) is 17.3. The Morgan fingerprint density at radius 1 is 1.08 bits per heavy atom. The molecule has 0 bridgehead atoms. The highest BCUT2D eigenvalue weighted by molar-refractivity contribution is 7.92. The summed E-state index contributed by atoms with van der Waals surface area (Å²) in [6.07, 6.45) is 1.88. The largest absolute Gasteiger partial charge is 0.354 e. The van der Waals surface area contributed by atoms with Gasteiger partial charge >= 0.3 is 0 Å². The zero-order chi connectivity index (χ0) is 27.8. The Bertz CT molecular complexity index is 1190. The fraction of sp³-hybridized carbons (Fsp3) is 0.481. The zero-order valence-corrected chi connectivity index (χ0v) is 24.5. The second-order valence-corrected chi connectivity index (χ2v) is 12.3. The van der Waals surface area contributed by atoms with Crippen LogP contribution in [0.15, 0.2) is 42.5 Å². The van der Waals surface area contributed by atoms with Crippen molar-refractivity contribution in [1.29, 1.82) is 0 Å². The standard InChI is InChI=1S/C27H37Cl2N3O4S/c1-6-24(27(34)30-17-19(2)3)31(18-21-10-7-8-11-23(21)29)26(33)12-9-15-32(37(5,35)36)25-16-22(28)14-13-20(25)4/h7-8,10-11,13-14,16,19,24H,6,9,12,15,17-18H2,1-5H3,(H,30,34)/t24-/m1/s1. The lowest BCUT2D eigenvalue weighted by molar-refractivity contribution is -0.141. The number of hydrogen-bond acceptors (Lipinski definition) is 4. The van der Waals surface area contributed by atoms with E-state index < -0.39 is 16.1 Å². The Morgan fingerprint density at radius 2 is 1.76 bits per heavy atom. The van der Waals surface area contributed by atoms with Crippen LogP contribution in [-0.4, -0.2) is 50.5 Å². The van der Waals surface area contributed by atoms with E-state index in [0.717, 1.165) is 17.4 Å². The van der Waals surface area contributed by atoms with Crippen LogP contribution in [0, 0.1) is 12.8 Å². The quantitative estimate of drug-likeness (QED) is 0.348. The molecular weight excluding hydrogens is 533 g/mol. The molecule has 7 nitrogen and oxygen atoms in total. The predicted molar refractivity (Wildman–Crippen MR) is 152 cm³/mol. The van der Waals surface area contributed by atoms with Crippen molar-refractivity contribution in [2.75, 3.05) is 23.7 Å². The molecule has 1 N–H and O–H groups in total. The maximum atomic E-state index is 13.5. The molecule has 0 saturated heterocycles. The lowest BCUT2D eigenvalue weighted by Gasteiger charge is -2.31. The topological polar surface area (TPSA) is 86.8 Å². The van der Waals surface area contributed by atoms with Gasteiger partial charge in [0.1, 0.15) is 6.04 Å². The molecule has 0 aromatic heterocycles. The van der Waals surface area contributed by atoms with E-state index in [1.165, 1.54) is 4.31 Å². The van der Waals surface area contributed by atoms with E-state index in [9.17, 15) is 18.0 Å². The summed E-state index contributed by atoms with van der Waals surface area (Å²) in [7, 11) is -3.61. The van der Waals surface area contributed by atoms with Gasteiger partial charge in [0.2, 0.25) is 21.8 Å². The van der Waals surface area contributed by atoms with Gasteiger partial charge in [0.05, 0.1) is 11.9 Å². The number of benzene rings is 2. The van der Waals surface area contributed by atoms with Crippen LogP contribution in [0.25, 0.3) is 0 Å². The molecule has 2 amide bonds. The molecule has 2 aromatic rings. The van der Waals surface area contributed by atoms with E-state index in [1.807, 2.05) is 45.9 Å². The van der Waals surface area contributed by atoms with Crippen LogP contribution < -0.4 is 9.62 Å². The minimum Gasteiger partial charge on any atom is -0.354 e. The molecule has 0 aliphatic heterocycles. The molecule has 0 aliphatic rings. The maximum absolute atomic E-state index is 13.5. The minimum atomic E-state index is -3.61. The summed E-state index contributed by atoms with van der Waals surface area (Å²) in [5.41, 5.74) is 1.98. The van der Waals surface area contributed by atoms with E-state index in [2.05, 4.69) is 5.32 Å². The molecule has 37 heavy (non-hydrogen) atoms. The Hall–Kier alpha value is -2.29. The monoisotopic (exact) mass is 569 g/mol. The van der Waals surface area contributed by atoms with E-state index >= 15 is 0 Å². The summed E-state index contributed by atoms with van der Waals surface area (Å²) in [6, 6.07) is 11.6. The fourth-order valence-electron chi connectivity index (χ4n) is 3.99. The molecule has 2 aromatic carbocycles. The molecule has 0 unspecified atom stereocenters. The third kappa shape index (κ3) is 9.20. The molecule has 0 radical (unpaired) electrons. The van der Waals surface area contributed by atoms with E-state index in [0.29, 0.717) is 28.7 Å². The highest BCUT2D eigenvalue weighted by Crippen LogP contribution is 2.27. The summed E-state index contributed by atoms with van der Waals surface area (Å²) in [4.78, 5) is 28.1. The van der Waals surface area contributed by atoms with Gasteiger partial charge < -0.3 is 10.2 Å². The van der Waals surface area contributed by atoms with Gasteiger partial charge in [-0.2, -0.15) is 0 Å². The van der Waals surface area contributed by atoms with Crippen LogP contribution in [0.5, 0.6) is 0 Å². The first-order valence-electron chi connectivity index (χ1n) is 12.4. The van der Waals surface area contributed by atoms with Crippen LogP contribution in [0.4, 0.5) is 5.69 Å². The molecule has 0 fully saturated rings. The van der Waals surface area contributed by atoms with E-state index in [-0.39, 0.29) is 43.7 Å². The number of rotatable bonds is 13. The van der Waals surface area contributed by atoms with E-state index in [4.69, 9.17) is 23.2 Å². The first-order valence-corrected chi connectivity index (χ1v) is 15.0. The summed E-state index contributed by atoms with van der Waals surface area (Å²) >= 11 is 12.5. The average molecular weight is 571 g/mol. The van der Waals surface area contributed by atoms with Crippen LogP contribution in [-0.2, 0) is 26.2 Å². The second kappa shape index (κ2) is 14.0. The van der Waals surface area contributed by atoms with E-state index in [1.54, 1.807) is 29.2 Å². The predicted octanol–water partition coefficient (Wildman–Crippen LogP) is 5.43. The summed E-state index contributed by atoms with van der Waals surface area (Å²) in [5.74, 6) is -0.197. The van der Waals surface area contributed by atoms with Crippen LogP contribution in [0.1, 0.15) is 51.2 Å². The summed E-state index contributed by atoms with van der Waals surface area (Å²) < 4.78 is 26.4. The van der Waals surface area contributed by atoms with Crippen molar-refractivity contribution in [3.8, 4) is 0 Å². The number of halogens is 2. The number of aryl methyl sites for hydroxylation is 1. The molecule has 10 heteroatoms. The second-order valence-electron chi connectivity index (χ2n) is 9.55. The smallest absolute Gasteiger partial charge is 0.242 e. The number of carbonyl (C=O) groups is 2.